The Morgan fingerprint density at radius 1 is 0.500 bits per heavy atom. The van der Waals surface area contributed by atoms with Crippen LogP contribution in [0, 0.1) is 71.0 Å². The third-order valence-electron chi connectivity index (χ3n) is 10.6. The number of allylic oxidation sites excluding steroid dienone is 4. The highest BCUT2D eigenvalue weighted by Gasteiger charge is 2.87. The van der Waals surface area contributed by atoms with Crippen molar-refractivity contribution >= 4 is 0 Å². The van der Waals surface area contributed by atoms with Gasteiger partial charge in [-0.1, -0.05) is 0 Å². The van der Waals surface area contributed by atoms with Crippen LogP contribution in [0.25, 0.3) is 0 Å². The Kier molecular flexibility index (Phi) is 0.939. The minimum atomic E-state index is 1.13. The Bertz CT molecular complexity index is 662. The quantitative estimate of drug-likeness (QED) is 0.583. The minimum absolute atomic E-state index is 1.13. The maximum atomic E-state index is 1.96. The van der Waals surface area contributed by atoms with E-state index in [-0.39, 0.29) is 0 Å². The van der Waals surface area contributed by atoms with Crippen LogP contribution in [0.1, 0.15) is 25.7 Å². The smallest absolute Gasteiger partial charge is 0.00501 e. The van der Waals surface area contributed by atoms with Crippen LogP contribution in [0.3, 0.4) is 0 Å². The molecule has 9 rings (SSSR count). The fraction of sp³-hybridized carbons (Fsp3) is 0.800. The van der Waals surface area contributed by atoms with Gasteiger partial charge in [0, 0.05) is 0 Å². The molecule has 12 atom stereocenters. The van der Waals surface area contributed by atoms with Crippen molar-refractivity contribution in [2.24, 2.45) is 71.0 Å². The predicted molar refractivity (Wildman–Crippen MR) is 74.4 cm³/mol. The first-order chi connectivity index (χ1) is 9.97. The fourth-order valence-electron chi connectivity index (χ4n) is 10.1. The Hall–Kier alpha value is -0.520. The van der Waals surface area contributed by atoms with Crippen molar-refractivity contribution < 1.29 is 0 Å². The van der Waals surface area contributed by atoms with E-state index in [1.54, 1.807) is 12.8 Å². The Balaban J connectivity index is 1.12. The van der Waals surface area contributed by atoms with Gasteiger partial charge in [0.2, 0.25) is 0 Å². The molecule has 0 aliphatic heterocycles. The first-order valence-electron chi connectivity index (χ1n) is 9.43. The predicted octanol–water partition coefficient (Wildman–Crippen LogP) is 3.66. The van der Waals surface area contributed by atoms with Crippen molar-refractivity contribution in [3.63, 3.8) is 0 Å². The Morgan fingerprint density at radius 2 is 0.950 bits per heavy atom. The molecule has 0 nitrogen and oxygen atoms in total. The highest BCUT2D eigenvalue weighted by atomic mass is 14.9. The maximum Gasteiger partial charge on any atom is -0.00501 e. The van der Waals surface area contributed by atoms with Crippen molar-refractivity contribution in [3.8, 4) is 0 Å². The van der Waals surface area contributed by atoms with Crippen LogP contribution in [0.15, 0.2) is 22.3 Å². The van der Waals surface area contributed by atoms with Gasteiger partial charge in [-0.2, -0.15) is 0 Å². The van der Waals surface area contributed by atoms with E-state index in [0.717, 1.165) is 11.8 Å². The van der Waals surface area contributed by atoms with Crippen molar-refractivity contribution in [2.45, 2.75) is 25.7 Å². The summed E-state index contributed by atoms with van der Waals surface area (Å²) in [6, 6.07) is 0. The number of fused-ring (bicyclic) bond motifs is 20. The highest BCUT2D eigenvalue weighted by molar-refractivity contribution is 5.74. The molecule has 0 bridgehead atoms. The van der Waals surface area contributed by atoms with Gasteiger partial charge < -0.3 is 0 Å². The van der Waals surface area contributed by atoms with Gasteiger partial charge in [-0.05, 0) is 119 Å². The highest BCUT2D eigenvalue weighted by Crippen LogP contribution is 2.92. The lowest BCUT2D eigenvalue weighted by molar-refractivity contribution is -0.428. The van der Waals surface area contributed by atoms with Gasteiger partial charge in [-0.25, -0.2) is 0 Å². The number of hydrogen-bond donors (Lipinski definition) is 0. The normalized spacial score (nSPS) is 76.8. The molecular formula is C20H20. The molecule has 0 aromatic heterocycles. The van der Waals surface area contributed by atoms with Crippen molar-refractivity contribution in [2.75, 3.05) is 0 Å². The molecule has 0 spiro atoms. The summed E-state index contributed by atoms with van der Waals surface area (Å²) in [4.78, 5) is 0. The van der Waals surface area contributed by atoms with E-state index in [9.17, 15) is 0 Å². The molecular weight excluding hydrogens is 240 g/mol. The van der Waals surface area contributed by atoms with E-state index in [4.69, 9.17) is 0 Å². The summed E-state index contributed by atoms with van der Waals surface area (Å²) in [6.45, 7) is 0. The molecule has 0 saturated heterocycles. The summed E-state index contributed by atoms with van der Waals surface area (Å²) in [6.07, 6.45) is 6.17. The first-order valence-corrected chi connectivity index (χ1v) is 9.43. The Morgan fingerprint density at radius 3 is 1.35 bits per heavy atom. The van der Waals surface area contributed by atoms with Crippen LogP contribution in [-0.4, -0.2) is 0 Å². The Labute approximate surface area is 119 Å². The summed E-state index contributed by atoms with van der Waals surface area (Å²) in [5, 5.41) is 0. The third kappa shape index (κ3) is 0.500. The molecule has 9 aliphatic rings. The van der Waals surface area contributed by atoms with Gasteiger partial charge in [0.25, 0.3) is 0 Å². The molecule has 0 aromatic rings. The van der Waals surface area contributed by atoms with Gasteiger partial charge in [0.1, 0.15) is 0 Å². The average molecular weight is 260 g/mol. The van der Waals surface area contributed by atoms with E-state index in [1.165, 1.54) is 72.0 Å². The van der Waals surface area contributed by atoms with Gasteiger partial charge in [-0.15, -0.1) is 0 Å². The first kappa shape index (κ1) is 8.81. The second-order valence-electron chi connectivity index (χ2n) is 9.86. The molecule has 6 fully saturated rings. The lowest BCUT2D eigenvalue weighted by atomic mass is 9.12. The summed E-state index contributed by atoms with van der Waals surface area (Å²) < 4.78 is 0. The van der Waals surface area contributed by atoms with E-state index >= 15 is 0 Å². The van der Waals surface area contributed by atoms with Gasteiger partial charge >= 0.3 is 0 Å². The molecule has 100 valence electrons. The standard InChI is InChI=1S/C20H20/c1-2-6-5(1)9-10(6)14-13(9)17-18(14)20-16-12-8-4-3-7(8)11(12)15(16)19(17)20/h5-6,9-10,13-20H,1-4H2. The second-order valence-corrected chi connectivity index (χ2v) is 9.86. The minimum Gasteiger partial charge on any atom is -0.0496 e. The zero-order valence-corrected chi connectivity index (χ0v) is 11.8. The molecule has 0 heteroatoms. The van der Waals surface area contributed by atoms with Crippen LogP contribution in [0.2, 0.25) is 0 Å². The second kappa shape index (κ2) is 2.13. The van der Waals surface area contributed by atoms with Crippen LogP contribution in [0.5, 0.6) is 0 Å². The number of rotatable bonds is 0. The van der Waals surface area contributed by atoms with Crippen LogP contribution in [0.4, 0.5) is 0 Å². The maximum absolute atomic E-state index is 1.96. The topological polar surface area (TPSA) is 0 Å². The van der Waals surface area contributed by atoms with Crippen LogP contribution >= 0.6 is 0 Å². The van der Waals surface area contributed by atoms with Crippen molar-refractivity contribution in [1.82, 2.24) is 0 Å². The van der Waals surface area contributed by atoms with E-state index < -0.39 is 0 Å². The summed E-state index contributed by atoms with van der Waals surface area (Å²) >= 11 is 0. The molecule has 0 radical (unpaired) electrons. The largest absolute Gasteiger partial charge is 0.0496 e. The molecule has 0 heterocycles. The zero-order chi connectivity index (χ0) is 12.1. The summed E-state index contributed by atoms with van der Waals surface area (Å²) in [5.74, 6) is 14.8. The SMILES string of the molecule is C1CC2=C1C1=C2C2C1C1C2C2C3C4C5CCC5C4C3C12. The average Bonchev–Trinajstić information content (AvgIpc) is 2.36. The summed E-state index contributed by atoms with van der Waals surface area (Å²) in [7, 11) is 0. The fourth-order valence-corrected chi connectivity index (χ4v) is 10.1. The summed E-state index contributed by atoms with van der Waals surface area (Å²) in [5.41, 5.74) is 7.69. The van der Waals surface area contributed by atoms with E-state index in [2.05, 4.69) is 0 Å². The van der Waals surface area contributed by atoms with E-state index in [0.29, 0.717) is 0 Å². The molecule has 0 N–H and O–H groups in total. The molecule has 0 amide bonds. The van der Waals surface area contributed by atoms with Crippen LogP contribution in [-0.2, 0) is 0 Å². The zero-order valence-electron chi connectivity index (χ0n) is 11.8. The molecule has 20 heavy (non-hydrogen) atoms. The molecule has 9 aliphatic carbocycles. The van der Waals surface area contributed by atoms with Gasteiger partial charge in [0.05, 0.1) is 0 Å². The van der Waals surface area contributed by atoms with Crippen molar-refractivity contribution in [1.29, 1.82) is 0 Å². The monoisotopic (exact) mass is 260 g/mol. The van der Waals surface area contributed by atoms with Gasteiger partial charge in [-0.3, -0.25) is 0 Å². The molecule has 0 aromatic carbocycles. The number of hydrogen-bond acceptors (Lipinski definition) is 0. The van der Waals surface area contributed by atoms with E-state index in [1.807, 2.05) is 22.3 Å². The van der Waals surface area contributed by atoms with Gasteiger partial charge in [0.15, 0.2) is 0 Å². The van der Waals surface area contributed by atoms with Crippen LogP contribution < -0.4 is 0 Å². The third-order valence-corrected chi connectivity index (χ3v) is 10.6. The molecule has 6 saturated carbocycles. The lowest BCUT2D eigenvalue weighted by Gasteiger charge is -2.92. The lowest BCUT2D eigenvalue weighted by Crippen LogP contribution is -2.88. The molecule has 12 unspecified atom stereocenters. The van der Waals surface area contributed by atoms with Crippen molar-refractivity contribution in [3.05, 3.63) is 22.3 Å².